The Kier molecular flexibility index (Phi) is 6.10. The number of hydrogen-bond donors (Lipinski definition) is 0. The fourth-order valence-corrected chi connectivity index (χ4v) is 3.71. The van der Waals surface area contributed by atoms with Crippen molar-refractivity contribution >= 4 is 15.8 Å². The predicted molar refractivity (Wildman–Crippen MR) is 92.0 cm³/mol. The Morgan fingerprint density at radius 2 is 1.47 bits per heavy atom. The van der Waals surface area contributed by atoms with Crippen LogP contribution in [-0.2, 0) is 31.9 Å². The molecule has 2 aromatic rings. The van der Waals surface area contributed by atoms with E-state index in [2.05, 4.69) is 0 Å². The van der Waals surface area contributed by atoms with E-state index in [1.54, 1.807) is 0 Å². The van der Waals surface area contributed by atoms with Crippen LogP contribution in [0.4, 0.5) is 32.0 Å². The van der Waals surface area contributed by atoms with Crippen LogP contribution < -0.4 is 4.18 Å². The Labute approximate surface area is 175 Å². The molecule has 0 unspecified atom stereocenters. The van der Waals surface area contributed by atoms with Gasteiger partial charge in [-0.25, -0.2) is 0 Å². The fraction of sp³-hybridized carbons (Fsp3) is 0.294. The summed E-state index contributed by atoms with van der Waals surface area (Å²) in [7, 11) is -5.25. The van der Waals surface area contributed by atoms with Gasteiger partial charge in [-0.1, -0.05) is 0 Å². The quantitative estimate of drug-likeness (QED) is 0.266. The highest BCUT2D eigenvalue weighted by molar-refractivity contribution is 7.87. The maximum absolute atomic E-state index is 13.0. The molecular weight excluding hydrogens is 476 g/mol. The molecule has 0 radical (unpaired) electrons. The second-order valence-corrected chi connectivity index (χ2v) is 7.88. The third-order valence-corrected chi connectivity index (χ3v) is 5.34. The molecule has 0 bridgehead atoms. The summed E-state index contributed by atoms with van der Waals surface area (Å²) in [5.41, 5.74) is -4.52. The summed E-state index contributed by atoms with van der Waals surface area (Å²) in [6.07, 6.45) is -11.9. The number of benzene rings is 2. The topological polar surface area (TPSA) is 105 Å². The standard InChI is InChI=1S/C17H11F6NO7S/c18-16(19,20)9-5-10(17(21,22)23)7-12(6-9)32(27,28)31-14-2-1-11(24(25)26)8-13(14)15-29-3-4-30-15/h1-2,5-8,15H,3-4H2. The first-order valence-electron chi connectivity index (χ1n) is 8.44. The summed E-state index contributed by atoms with van der Waals surface area (Å²) in [5, 5.41) is 11.0. The van der Waals surface area contributed by atoms with Crippen LogP contribution in [0.2, 0.25) is 0 Å². The molecule has 1 heterocycles. The summed E-state index contributed by atoms with van der Waals surface area (Å²) in [5.74, 6) is -0.631. The van der Waals surface area contributed by atoms with Crippen LogP contribution in [0.1, 0.15) is 23.0 Å². The number of nitrogens with zero attached hydrogens (tertiary/aromatic N) is 1. The van der Waals surface area contributed by atoms with Crippen molar-refractivity contribution in [3.8, 4) is 5.75 Å². The normalized spacial score (nSPS) is 15.7. The van der Waals surface area contributed by atoms with Crippen LogP contribution in [-0.4, -0.2) is 26.6 Å². The lowest BCUT2D eigenvalue weighted by atomic mass is 10.1. The molecule has 0 atom stereocenters. The van der Waals surface area contributed by atoms with E-state index in [0.717, 1.165) is 18.2 Å². The molecule has 3 rings (SSSR count). The minimum Gasteiger partial charge on any atom is -0.378 e. The van der Waals surface area contributed by atoms with Crippen molar-refractivity contribution in [2.75, 3.05) is 13.2 Å². The number of nitro groups is 1. The molecule has 15 heteroatoms. The van der Waals surface area contributed by atoms with Crippen molar-refractivity contribution < 1.29 is 53.3 Å². The first-order valence-corrected chi connectivity index (χ1v) is 9.85. The molecule has 32 heavy (non-hydrogen) atoms. The van der Waals surface area contributed by atoms with Gasteiger partial charge in [-0.15, -0.1) is 0 Å². The van der Waals surface area contributed by atoms with Gasteiger partial charge < -0.3 is 13.7 Å². The third kappa shape index (κ3) is 5.11. The van der Waals surface area contributed by atoms with Crippen LogP contribution in [0.25, 0.3) is 0 Å². The number of ether oxygens (including phenoxy) is 2. The molecule has 1 saturated heterocycles. The van der Waals surface area contributed by atoms with Gasteiger partial charge in [0.05, 0.1) is 34.8 Å². The molecule has 0 saturated carbocycles. The number of hydrogen-bond acceptors (Lipinski definition) is 7. The summed E-state index contributed by atoms with van der Waals surface area (Å²) in [4.78, 5) is 8.76. The van der Waals surface area contributed by atoms with E-state index in [4.69, 9.17) is 13.7 Å². The Hall–Kier alpha value is -2.91. The van der Waals surface area contributed by atoms with E-state index in [-0.39, 0.29) is 37.0 Å². The number of non-ortho nitro benzene ring substituents is 1. The van der Waals surface area contributed by atoms with Gasteiger partial charge in [0.2, 0.25) is 0 Å². The summed E-state index contributed by atoms with van der Waals surface area (Å²) in [6, 6.07) is 2.23. The van der Waals surface area contributed by atoms with E-state index in [1.165, 1.54) is 0 Å². The van der Waals surface area contributed by atoms with Crippen molar-refractivity contribution in [2.24, 2.45) is 0 Å². The summed E-state index contributed by atoms with van der Waals surface area (Å²) >= 11 is 0. The lowest BCUT2D eigenvalue weighted by Crippen LogP contribution is -2.17. The van der Waals surface area contributed by atoms with Crippen molar-refractivity contribution in [3.05, 3.63) is 63.2 Å². The SMILES string of the molecule is O=[N+]([O-])c1ccc(OS(=O)(=O)c2cc(C(F)(F)F)cc(C(F)(F)F)c2)c(C2OCCO2)c1. The minimum atomic E-state index is -5.28. The molecule has 174 valence electrons. The largest absolute Gasteiger partial charge is 0.416 e. The molecule has 1 fully saturated rings. The van der Waals surface area contributed by atoms with Gasteiger partial charge in [0.1, 0.15) is 4.90 Å². The van der Waals surface area contributed by atoms with Crippen LogP contribution in [0.15, 0.2) is 41.3 Å². The monoisotopic (exact) mass is 487 g/mol. The number of halogens is 6. The second kappa shape index (κ2) is 8.22. The Morgan fingerprint density at radius 3 is 1.94 bits per heavy atom. The van der Waals surface area contributed by atoms with Gasteiger partial charge in [0.25, 0.3) is 5.69 Å². The summed E-state index contributed by atoms with van der Waals surface area (Å²) < 4.78 is 118. The average molecular weight is 487 g/mol. The maximum atomic E-state index is 13.0. The molecule has 1 aliphatic rings. The molecule has 0 N–H and O–H groups in total. The summed E-state index contributed by atoms with van der Waals surface area (Å²) in [6.45, 7) is 0.0875. The maximum Gasteiger partial charge on any atom is 0.416 e. The van der Waals surface area contributed by atoms with Crippen molar-refractivity contribution in [3.63, 3.8) is 0 Å². The zero-order valence-corrected chi connectivity index (χ0v) is 16.3. The molecule has 0 aliphatic carbocycles. The van der Waals surface area contributed by atoms with Crippen LogP contribution in [0.5, 0.6) is 5.75 Å². The van der Waals surface area contributed by atoms with E-state index >= 15 is 0 Å². The minimum absolute atomic E-state index is 0.0157. The van der Waals surface area contributed by atoms with Crippen molar-refractivity contribution in [1.82, 2.24) is 0 Å². The number of rotatable bonds is 5. The lowest BCUT2D eigenvalue weighted by Gasteiger charge is -2.17. The number of alkyl halides is 6. The van der Waals surface area contributed by atoms with E-state index < -0.39 is 61.1 Å². The molecule has 0 spiro atoms. The Balaban J connectivity index is 2.09. The average Bonchev–Trinajstić information content (AvgIpc) is 3.20. The highest BCUT2D eigenvalue weighted by atomic mass is 32.2. The van der Waals surface area contributed by atoms with Gasteiger partial charge in [-0.05, 0) is 24.3 Å². The highest BCUT2D eigenvalue weighted by Crippen LogP contribution is 2.39. The molecule has 0 amide bonds. The molecule has 0 aromatic heterocycles. The third-order valence-electron chi connectivity index (χ3n) is 4.13. The highest BCUT2D eigenvalue weighted by Gasteiger charge is 2.39. The van der Waals surface area contributed by atoms with Gasteiger partial charge in [-0.3, -0.25) is 10.1 Å². The number of nitro benzene ring substituents is 1. The molecule has 2 aromatic carbocycles. The zero-order chi connectivity index (χ0) is 23.9. The van der Waals surface area contributed by atoms with Crippen LogP contribution in [0.3, 0.4) is 0 Å². The Morgan fingerprint density at radius 1 is 0.938 bits per heavy atom. The van der Waals surface area contributed by atoms with Gasteiger partial charge >= 0.3 is 22.5 Å². The van der Waals surface area contributed by atoms with Gasteiger partial charge in [-0.2, -0.15) is 34.8 Å². The van der Waals surface area contributed by atoms with E-state index in [0.29, 0.717) is 0 Å². The lowest BCUT2D eigenvalue weighted by molar-refractivity contribution is -0.385. The predicted octanol–water partition coefficient (Wildman–Crippen LogP) is 4.45. The van der Waals surface area contributed by atoms with Gasteiger partial charge in [0.15, 0.2) is 12.0 Å². The first kappa shape index (κ1) is 23.7. The smallest absolute Gasteiger partial charge is 0.378 e. The van der Waals surface area contributed by atoms with Crippen LogP contribution in [0, 0.1) is 10.1 Å². The van der Waals surface area contributed by atoms with Crippen molar-refractivity contribution in [1.29, 1.82) is 0 Å². The molecule has 1 aliphatic heterocycles. The van der Waals surface area contributed by atoms with Crippen molar-refractivity contribution in [2.45, 2.75) is 23.5 Å². The van der Waals surface area contributed by atoms with Gasteiger partial charge in [0, 0.05) is 12.1 Å². The molecular formula is C17H11F6NO7S. The first-order chi connectivity index (χ1) is 14.7. The zero-order valence-electron chi connectivity index (χ0n) is 15.4. The van der Waals surface area contributed by atoms with E-state index in [1.807, 2.05) is 0 Å². The second-order valence-electron chi connectivity index (χ2n) is 6.33. The van der Waals surface area contributed by atoms with Crippen LogP contribution >= 0.6 is 0 Å². The molecule has 8 nitrogen and oxygen atoms in total. The Bertz CT molecular complexity index is 1110. The van der Waals surface area contributed by atoms with E-state index in [9.17, 15) is 44.9 Å². The fourth-order valence-electron chi connectivity index (χ4n) is 2.68.